The minimum Gasteiger partial charge on any atom is -0.326 e. The highest BCUT2D eigenvalue weighted by atomic mass is 16.2. The van der Waals surface area contributed by atoms with Crippen LogP contribution in [0.1, 0.15) is 29.4 Å². The van der Waals surface area contributed by atoms with Gasteiger partial charge >= 0.3 is 0 Å². The predicted molar refractivity (Wildman–Crippen MR) is 74.4 cm³/mol. The molecule has 1 aromatic carbocycles. The number of amides is 2. The van der Waals surface area contributed by atoms with E-state index in [1.165, 1.54) is 6.20 Å². The minimum atomic E-state index is -0.360. The van der Waals surface area contributed by atoms with Crippen molar-refractivity contribution in [2.24, 2.45) is 0 Å². The highest BCUT2D eigenvalue weighted by molar-refractivity contribution is 6.03. The van der Waals surface area contributed by atoms with E-state index in [2.05, 4.69) is 26.0 Å². The van der Waals surface area contributed by atoms with Crippen molar-refractivity contribution in [3.63, 3.8) is 0 Å². The molecule has 2 amide bonds. The molecule has 2 rings (SSSR count). The molecule has 7 nitrogen and oxygen atoms in total. The lowest BCUT2D eigenvalue weighted by molar-refractivity contribution is -0.115. The number of aromatic amines is 1. The Balaban J connectivity index is 2.18. The van der Waals surface area contributed by atoms with Gasteiger partial charge in [-0.25, -0.2) is 0 Å². The number of nitrogens with one attached hydrogen (secondary N) is 3. The predicted octanol–water partition coefficient (Wildman–Crippen LogP) is 1.71. The fourth-order valence-electron chi connectivity index (χ4n) is 1.64. The summed E-state index contributed by atoms with van der Waals surface area (Å²) in [5.74, 6) is -0.436. The quantitative estimate of drug-likeness (QED) is 0.789. The van der Waals surface area contributed by atoms with Crippen molar-refractivity contribution in [3.05, 3.63) is 35.7 Å². The lowest BCUT2D eigenvalue weighted by atomic mass is 10.1. The van der Waals surface area contributed by atoms with Crippen LogP contribution in [0.15, 0.2) is 24.4 Å². The van der Waals surface area contributed by atoms with Crippen LogP contribution in [0.5, 0.6) is 0 Å². The van der Waals surface area contributed by atoms with Crippen LogP contribution in [0.3, 0.4) is 0 Å². The van der Waals surface area contributed by atoms with Crippen molar-refractivity contribution in [1.82, 2.24) is 15.4 Å². The Kier molecular flexibility index (Phi) is 4.09. The molecule has 0 bridgehead atoms. The normalized spacial score (nSPS) is 10.1. The minimum absolute atomic E-state index is 0.0759. The summed E-state index contributed by atoms with van der Waals surface area (Å²) < 4.78 is 0. The van der Waals surface area contributed by atoms with E-state index >= 15 is 0 Å². The number of carbonyl (C=O) groups excluding carboxylic acids is 2. The first-order valence-electron chi connectivity index (χ1n) is 6.18. The van der Waals surface area contributed by atoms with Crippen LogP contribution in [0.2, 0.25) is 0 Å². The van der Waals surface area contributed by atoms with Crippen molar-refractivity contribution in [2.45, 2.75) is 20.3 Å². The Bertz CT molecular complexity index is 622. The molecule has 0 unspecified atom stereocenters. The van der Waals surface area contributed by atoms with E-state index in [0.29, 0.717) is 17.8 Å². The maximum Gasteiger partial charge on any atom is 0.277 e. The van der Waals surface area contributed by atoms with Gasteiger partial charge in [0.15, 0.2) is 5.69 Å². The first-order valence-corrected chi connectivity index (χ1v) is 6.18. The zero-order valence-corrected chi connectivity index (χ0v) is 11.2. The van der Waals surface area contributed by atoms with E-state index in [4.69, 9.17) is 0 Å². The van der Waals surface area contributed by atoms with Gasteiger partial charge in [0.05, 0.1) is 6.20 Å². The molecule has 1 aromatic heterocycles. The molecule has 2 aromatic rings. The lowest BCUT2D eigenvalue weighted by Gasteiger charge is -2.12. The smallest absolute Gasteiger partial charge is 0.277 e. The summed E-state index contributed by atoms with van der Waals surface area (Å²) >= 11 is 0. The molecule has 20 heavy (non-hydrogen) atoms. The average Bonchev–Trinajstić information content (AvgIpc) is 2.97. The number of hydrogen-bond donors (Lipinski definition) is 3. The molecule has 0 aliphatic heterocycles. The molecule has 0 saturated heterocycles. The van der Waals surface area contributed by atoms with Crippen molar-refractivity contribution < 1.29 is 9.59 Å². The maximum absolute atomic E-state index is 11.9. The van der Waals surface area contributed by atoms with Crippen molar-refractivity contribution in [1.29, 1.82) is 0 Å². The summed E-state index contributed by atoms with van der Waals surface area (Å²) in [6, 6.07) is 5.31. The molecule has 0 saturated carbocycles. The largest absolute Gasteiger partial charge is 0.326 e. The van der Waals surface area contributed by atoms with Gasteiger partial charge in [-0.3, -0.25) is 9.59 Å². The van der Waals surface area contributed by atoms with Crippen LogP contribution in [0, 0.1) is 6.92 Å². The van der Waals surface area contributed by atoms with Gasteiger partial charge in [0, 0.05) is 17.8 Å². The molecule has 1 heterocycles. The summed E-state index contributed by atoms with van der Waals surface area (Å²) in [5.41, 5.74) is 2.28. The van der Waals surface area contributed by atoms with E-state index in [1.54, 1.807) is 25.1 Å². The van der Waals surface area contributed by atoms with E-state index < -0.39 is 0 Å². The van der Waals surface area contributed by atoms with Gasteiger partial charge in [0.25, 0.3) is 5.91 Å². The molecule has 0 aliphatic carbocycles. The second-order valence-corrected chi connectivity index (χ2v) is 4.19. The SMILES string of the molecule is CCC(=O)Nc1cccc(NC(=O)c2cn[nH]n2)c1C. The van der Waals surface area contributed by atoms with Gasteiger partial charge in [-0.2, -0.15) is 15.4 Å². The summed E-state index contributed by atoms with van der Waals surface area (Å²) in [4.78, 5) is 23.3. The zero-order valence-electron chi connectivity index (χ0n) is 11.2. The van der Waals surface area contributed by atoms with E-state index in [9.17, 15) is 9.59 Å². The molecule has 7 heteroatoms. The maximum atomic E-state index is 11.9. The third-order valence-corrected chi connectivity index (χ3v) is 2.82. The fraction of sp³-hybridized carbons (Fsp3) is 0.231. The monoisotopic (exact) mass is 273 g/mol. The van der Waals surface area contributed by atoms with E-state index in [1.807, 2.05) is 6.92 Å². The number of rotatable bonds is 4. The summed E-state index contributed by atoms with van der Waals surface area (Å²) in [7, 11) is 0. The Morgan fingerprint density at radius 2 is 1.95 bits per heavy atom. The van der Waals surface area contributed by atoms with Gasteiger partial charge in [-0.1, -0.05) is 13.0 Å². The summed E-state index contributed by atoms with van der Waals surface area (Å²) in [5, 5.41) is 15.2. The average molecular weight is 273 g/mol. The Hall–Kier alpha value is -2.70. The molecular weight excluding hydrogens is 258 g/mol. The molecule has 3 N–H and O–H groups in total. The number of nitrogens with zero attached hydrogens (tertiary/aromatic N) is 2. The van der Waals surface area contributed by atoms with Gasteiger partial charge < -0.3 is 10.6 Å². The Morgan fingerprint density at radius 1 is 1.25 bits per heavy atom. The van der Waals surface area contributed by atoms with Gasteiger partial charge in [-0.05, 0) is 24.6 Å². The fourth-order valence-corrected chi connectivity index (χ4v) is 1.64. The third kappa shape index (κ3) is 3.00. The van der Waals surface area contributed by atoms with Crippen LogP contribution < -0.4 is 10.6 Å². The molecule has 0 spiro atoms. The third-order valence-electron chi connectivity index (χ3n) is 2.82. The van der Waals surface area contributed by atoms with Crippen LogP contribution in [0.4, 0.5) is 11.4 Å². The second-order valence-electron chi connectivity index (χ2n) is 4.19. The van der Waals surface area contributed by atoms with Crippen LogP contribution in [-0.4, -0.2) is 27.2 Å². The topological polar surface area (TPSA) is 99.8 Å². The molecule has 0 atom stereocenters. The summed E-state index contributed by atoms with van der Waals surface area (Å²) in [6.45, 7) is 3.60. The highest BCUT2D eigenvalue weighted by Crippen LogP contribution is 2.23. The first kappa shape index (κ1) is 13.7. The number of H-pyrrole nitrogens is 1. The van der Waals surface area contributed by atoms with Crippen molar-refractivity contribution in [3.8, 4) is 0 Å². The number of aromatic nitrogens is 3. The van der Waals surface area contributed by atoms with Crippen molar-refractivity contribution >= 4 is 23.2 Å². The number of carbonyl (C=O) groups is 2. The van der Waals surface area contributed by atoms with Gasteiger partial charge in [0.1, 0.15) is 0 Å². The van der Waals surface area contributed by atoms with Crippen LogP contribution in [-0.2, 0) is 4.79 Å². The standard InChI is InChI=1S/C13H15N5O2/c1-3-12(19)15-9-5-4-6-10(8(9)2)16-13(20)11-7-14-18-17-11/h4-7H,3H2,1-2H3,(H,15,19)(H,16,20)(H,14,17,18). The summed E-state index contributed by atoms with van der Waals surface area (Å²) in [6.07, 6.45) is 1.74. The van der Waals surface area contributed by atoms with Crippen molar-refractivity contribution in [2.75, 3.05) is 10.6 Å². The molecule has 0 aliphatic rings. The van der Waals surface area contributed by atoms with E-state index in [0.717, 1.165) is 5.56 Å². The highest BCUT2D eigenvalue weighted by Gasteiger charge is 2.12. The van der Waals surface area contributed by atoms with Crippen LogP contribution in [0.25, 0.3) is 0 Å². The molecule has 0 fully saturated rings. The Labute approximate surface area is 115 Å². The molecule has 0 radical (unpaired) electrons. The lowest BCUT2D eigenvalue weighted by Crippen LogP contribution is -2.15. The van der Waals surface area contributed by atoms with Crippen LogP contribution >= 0.6 is 0 Å². The first-order chi connectivity index (χ1) is 9.61. The number of benzene rings is 1. The molecular formula is C13H15N5O2. The second kappa shape index (κ2) is 5.96. The number of anilines is 2. The zero-order chi connectivity index (χ0) is 14.5. The van der Waals surface area contributed by atoms with Gasteiger partial charge in [0.2, 0.25) is 5.91 Å². The van der Waals surface area contributed by atoms with E-state index in [-0.39, 0.29) is 17.5 Å². The molecule has 104 valence electrons. The van der Waals surface area contributed by atoms with Gasteiger partial charge in [-0.15, -0.1) is 0 Å². The number of hydrogen-bond acceptors (Lipinski definition) is 4. The Morgan fingerprint density at radius 3 is 2.55 bits per heavy atom.